The number of aryl methyl sites for hydroxylation is 1. The van der Waals surface area contributed by atoms with E-state index in [1.807, 2.05) is 30.5 Å². The average molecular weight is 364 g/mol. The van der Waals surface area contributed by atoms with Gasteiger partial charge in [-0.05, 0) is 35.7 Å². The molecule has 1 aliphatic rings. The highest BCUT2D eigenvalue weighted by Crippen LogP contribution is 2.29. The number of hydrogen-bond donors (Lipinski definition) is 1. The van der Waals surface area contributed by atoms with Gasteiger partial charge in [0.2, 0.25) is 0 Å². The number of rotatable bonds is 3. The third kappa shape index (κ3) is 3.12. The smallest absolute Gasteiger partial charge is 0.272 e. The molecule has 3 aromatic rings. The van der Waals surface area contributed by atoms with E-state index in [1.165, 1.54) is 0 Å². The van der Waals surface area contributed by atoms with Gasteiger partial charge >= 0.3 is 0 Å². The standard InChI is InChI=1S/C20H20N4O3/c1-23-11-14-12-24(8-7-13(14)9-19(23)25)20(26)17-10-16(21-22-17)15-5-3-4-6-18(15)27-2/h3-6,9-11H,7-8,12H2,1-2H3,(H,21,22). The van der Waals surface area contributed by atoms with Crippen LogP contribution in [0, 0.1) is 0 Å². The molecule has 0 radical (unpaired) electrons. The normalized spacial score (nSPS) is 13.3. The number of carbonyl (C=O) groups excluding carboxylic acids is 1. The summed E-state index contributed by atoms with van der Waals surface area (Å²) >= 11 is 0. The summed E-state index contributed by atoms with van der Waals surface area (Å²) in [5.41, 5.74) is 3.92. The number of amides is 1. The number of benzene rings is 1. The summed E-state index contributed by atoms with van der Waals surface area (Å²) in [5, 5.41) is 7.13. The molecule has 1 aliphatic heterocycles. The minimum absolute atomic E-state index is 0.0245. The first-order valence-electron chi connectivity index (χ1n) is 8.73. The number of hydrogen-bond acceptors (Lipinski definition) is 4. The quantitative estimate of drug-likeness (QED) is 0.771. The van der Waals surface area contributed by atoms with Gasteiger partial charge in [-0.1, -0.05) is 12.1 Å². The van der Waals surface area contributed by atoms with Crippen LogP contribution in [0.2, 0.25) is 0 Å². The molecule has 0 aliphatic carbocycles. The summed E-state index contributed by atoms with van der Waals surface area (Å²) < 4.78 is 6.91. The number of H-pyrrole nitrogens is 1. The molecule has 0 bridgehead atoms. The van der Waals surface area contributed by atoms with Crippen LogP contribution in [0.25, 0.3) is 11.3 Å². The first kappa shape index (κ1) is 17.1. The highest BCUT2D eigenvalue weighted by molar-refractivity contribution is 5.93. The number of nitrogens with one attached hydrogen (secondary N) is 1. The van der Waals surface area contributed by atoms with Crippen molar-refractivity contribution in [3.8, 4) is 17.0 Å². The summed E-state index contributed by atoms with van der Waals surface area (Å²) in [5.74, 6) is 0.596. The minimum atomic E-state index is -0.108. The van der Waals surface area contributed by atoms with Gasteiger partial charge in [0.05, 0.1) is 12.8 Å². The summed E-state index contributed by atoms with van der Waals surface area (Å²) in [6, 6.07) is 11.0. The van der Waals surface area contributed by atoms with Crippen molar-refractivity contribution < 1.29 is 9.53 Å². The van der Waals surface area contributed by atoms with Crippen LogP contribution in [0.4, 0.5) is 0 Å². The van der Waals surface area contributed by atoms with E-state index >= 15 is 0 Å². The zero-order valence-electron chi connectivity index (χ0n) is 15.2. The Morgan fingerprint density at radius 2 is 2.04 bits per heavy atom. The van der Waals surface area contributed by atoms with Gasteiger partial charge in [0.1, 0.15) is 11.4 Å². The van der Waals surface area contributed by atoms with E-state index in [9.17, 15) is 9.59 Å². The van der Waals surface area contributed by atoms with Crippen LogP contribution in [0.5, 0.6) is 5.75 Å². The molecular weight excluding hydrogens is 344 g/mol. The lowest BCUT2D eigenvalue weighted by Gasteiger charge is -2.28. The number of ether oxygens (including phenoxy) is 1. The van der Waals surface area contributed by atoms with Crippen molar-refractivity contribution in [2.24, 2.45) is 7.05 Å². The number of fused-ring (bicyclic) bond motifs is 1. The fraction of sp³-hybridized carbons (Fsp3) is 0.250. The van der Waals surface area contributed by atoms with Gasteiger partial charge in [-0.2, -0.15) is 5.10 Å². The maximum atomic E-state index is 12.9. The van der Waals surface area contributed by atoms with Crippen LogP contribution in [0.3, 0.4) is 0 Å². The monoisotopic (exact) mass is 364 g/mol. The molecule has 7 nitrogen and oxygen atoms in total. The summed E-state index contributed by atoms with van der Waals surface area (Å²) in [7, 11) is 3.33. The summed E-state index contributed by atoms with van der Waals surface area (Å²) in [6.45, 7) is 1.05. The molecule has 0 atom stereocenters. The maximum Gasteiger partial charge on any atom is 0.272 e. The predicted octanol–water partition coefficient (Wildman–Crippen LogP) is 1.98. The highest BCUT2D eigenvalue weighted by atomic mass is 16.5. The number of para-hydroxylation sites is 1. The van der Waals surface area contributed by atoms with E-state index in [0.29, 0.717) is 36.6 Å². The van der Waals surface area contributed by atoms with Crippen molar-refractivity contribution >= 4 is 5.91 Å². The van der Waals surface area contributed by atoms with E-state index in [1.54, 1.807) is 35.8 Å². The lowest BCUT2D eigenvalue weighted by Crippen LogP contribution is -2.37. The molecule has 0 spiro atoms. The predicted molar refractivity (Wildman–Crippen MR) is 101 cm³/mol. The molecule has 0 unspecified atom stereocenters. The maximum absolute atomic E-state index is 12.9. The van der Waals surface area contributed by atoms with Crippen molar-refractivity contribution in [1.82, 2.24) is 19.7 Å². The number of pyridine rings is 1. The lowest BCUT2D eigenvalue weighted by molar-refractivity contribution is 0.0728. The molecule has 4 rings (SSSR count). The number of methoxy groups -OCH3 is 1. The van der Waals surface area contributed by atoms with Gasteiger partial charge in [-0.3, -0.25) is 14.7 Å². The zero-order valence-corrected chi connectivity index (χ0v) is 15.2. The van der Waals surface area contributed by atoms with E-state index in [0.717, 1.165) is 16.7 Å². The van der Waals surface area contributed by atoms with Crippen molar-refractivity contribution in [3.63, 3.8) is 0 Å². The molecule has 3 heterocycles. The van der Waals surface area contributed by atoms with Crippen LogP contribution < -0.4 is 10.3 Å². The number of aromatic nitrogens is 3. The number of carbonyl (C=O) groups is 1. The molecular formula is C20H20N4O3. The Kier molecular flexibility index (Phi) is 4.27. The van der Waals surface area contributed by atoms with Gasteiger partial charge in [-0.15, -0.1) is 0 Å². The molecule has 27 heavy (non-hydrogen) atoms. The zero-order chi connectivity index (χ0) is 19.0. The molecule has 0 saturated carbocycles. The molecule has 0 fully saturated rings. The third-order valence-electron chi connectivity index (χ3n) is 4.90. The molecule has 138 valence electrons. The van der Waals surface area contributed by atoms with Crippen LogP contribution in [0.1, 0.15) is 21.6 Å². The van der Waals surface area contributed by atoms with E-state index in [-0.39, 0.29) is 11.5 Å². The number of nitrogens with zero attached hydrogens (tertiary/aromatic N) is 3. The second kappa shape index (κ2) is 6.75. The van der Waals surface area contributed by atoms with Gasteiger partial charge in [-0.25, -0.2) is 0 Å². The van der Waals surface area contributed by atoms with Crippen LogP contribution in [-0.2, 0) is 20.0 Å². The average Bonchev–Trinajstić information content (AvgIpc) is 3.18. The summed E-state index contributed by atoms with van der Waals surface area (Å²) in [4.78, 5) is 26.5. The minimum Gasteiger partial charge on any atom is -0.496 e. The van der Waals surface area contributed by atoms with E-state index in [2.05, 4.69) is 10.2 Å². The van der Waals surface area contributed by atoms with Crippen molar-refractivity contribution in [2.75, 3.05) is 13.7 Å². The van der Waals surface area contributed by atoms with E-state index < -0.39 is 0 Å². The fourth-order valence-electron chi connectivity index (χ4n) is 3.41. The Hall–Kier alpha value is -3.35. The van der Waals surface area contributed by atoms with Crippen molar-refractivity contribution in [1.29, 1.82) is 0 Å². The van der Waals surface area contributed by atoms with Crippen LogP contribution in [0.15, 0.2) is 47.4 Å². The third-order valence-corrected chi connectivity index (χ3v) is 4.90. The second-order valence-electron chi connectivity index (χ2n) is 6.62. The molecule has 1 amide bonds. The largest absolute Gasteiger partial charge is 0.496 e. The van der Waals surface area contributed by atoms with E-state index in [4.69, 9.17) is 4.74 Å². The van der Waals surface area contributed by atoms with Gasteiger partial charge in [0.25, 0.3) is 11.5 Å². The molecule has 2 aromatic heterocycles. The fourth-order valence-corrected chi connectivity index (χ4v) is 3.41. The highest BCUT2D eigenvalue weighted by Gasteiger charge is 2.24. The molecule has 1 N–H and O–H groups in total. The Bertz CT molecular complexity index is 1070. The molecule has 7 heteroatoms. The Morgan fingerprint density at radius 1 is 1.22 bits per heavy atom. The van der Waals surface area contributed by atoms with Crippen LogP contribution >= 0.6 is 0 Å². The lowest BCUT2D eigenvalue weighted by atomic mass is 10.0. The first-order chi connectivity index (χ1) is 13.1. The van der Waals surface area contributed by atoms with Gasteiger partial charge in [0.15, 0.2) is 0 Å². The van der Waals surface area contributed by atoms with Crippen molar-refractivity contribution in [3.05, 3.63) is 69.8 Å². The molecule has 1 aromatic carbocycles. The van der Waals surface area contributed by atoms with Crippen molar-refractivity contribution in [2.45, 2.75) is 13.0 Å². The summed E-state index contributed by atoms with van der Waals surface area (Å²) in [6.07, 6.45) is 2.48. The second-order valence-corrected chi connectivity index (χ2v) is 6.62. The van der Waals surface area contributed by atoms with Gasteiger partial charge < -0.3 is 14.2 Å². The molecule has 0 saturated heterocycles. The topological polar surface area (TPSA) is 80.2 Å². The SMILES string of the molecule is COc1ccccc1-c1cc(C(=O)N2CCc3cc(=O)n(C)cc3C2)[nH]n1. The Balaban J connectivity index is 1.58. The Labute approximate surface area is 156 Å². The van der Waals surface area contributed by atoms with Crippen LogP contribution in [-0.4, -0.2) is 39.2 Å². The first-order valence-corrected chi connectivity index (χ1v) is 8.73. The van der Waals surface area contributed by atoms with Gasteiger partial charge in [0, 0.05) is 38.0 Å². The number of aromatic amines is 1. The Morgan fingerprint density at radius 3 is 2.85 bits per heavy atom.